The fourth-order valence-corrected chi connectivity index (χ4v) is 4.21. The second-order valence-electron chi connectivity index (χ2n) is 8.44. The van der Waals surface area contributed by atoms with Crippen LogP contribution in [0.4, 0.5) is 19.3 Å². The average molecular weight is 493 g/mol. The van der Waals surface area contributed by atoms with E-state index in [2.05, 4.69) is 41.8 Å². The van der Waals surface area contributed by atoms with Gasteiger partial charge < -0.3 is 15.4 Å². The molecule has 0 aliphatic heterocycles. The molecule has 0 radical (unpaired) electrons. The molecule has 1 saturated carbocycles. The van der Waals surface area contributed by atoms with E-state index in [4.69, 9.17) is 5.26 Å². The number of fused-ring (bicyclic) bond motifs is 1. The molecule has 0 saturated heterocycles. The van der Waals surface area contributed by atoms with Crippen LogP contribution in [-0.4, -0.2) is 55.4 Å². The SMILES string of the molecule is COC(=O)NC[C@H]1C[C@H](Nc2cc(-c3ccc4cc(C#N)cnn34)ncc2-c2cn(C(F)F)nn2)C1. The molecule has 36 heavy (non-hydrogen) atoms. The van der Waals surface area contributed by atoms with Crippen molar-refractivity contribution in [2.75, 3.05) is 19.0 Å². The van der Waals surface area contributed by atoms with Crippen molar-refractivity contribution in [2.24, 2.45) is 5.92 Å². The molecule has 1 fully saturated rings. The Bertz CT molecular complexity index is 1450. The van der Waals surface area contributed by atoms with Gasteiger partial charge in [0.25, 0.3) is 0 Å². The number of amides is 1. The molecule has 4 heterocycles. The molecular formula is C23H21F2N9O2. The Balaban J connectivity index is 1.44. The lowest BCUT2D eigenvalue weighted by Gasteiger charge is -2.36. The number of aromatic nitrogens is 6. The second-order valence-corrected chi connectivity index (χ2v) is 8.44. The number of alkyl carbamates (subject to hydrolysis) is 1. The summed E-state index contributed by atoms with van der Waals surface area (Å²) >= 11 is 0. The van der Waals surface area contributed by atoms with Crippen LogP contribution >= 0.6 is 0 Å². The van der Waals surface area contributed by atoms with Gasteiger partial charge in [0.15, 0.2) is 0 Å². The largest absolute Gasteiger partial charge is 0.453 e. The number of nitriles is 1. The van der Waals surface area contributed by atoms with Crippen LogP contribution in [0.15, 0.2) is 42.9 Å². The summed E-state index contributed by atoms with van der Waals surface area (Å²) in [6, 6.07) is 9.40. The van der Waals surface area contributed by atoms with E-state index >= 15 is 0 Å². The molecule has 184 valence electrons. The second kappa shape index (κ2) is 9.57. The number of carbonyl (C=O) groups excluding carboxylic acids is 1. The van der Waals surface area contributed by atoms with Crippen molar-refractivity contribution in [3.63, 3.8) is 0 Å². The summed E-state index contributed by atoms with van der Waals surface area (Å²) in [6.07, 6.45) is 5.35. The molecule has 2 N–H and O–H groups in total. The Morgan fingerprint density at radius 1 is 1.28 bits per heavy atom. The number of halogens is 2. The predicted molar refractivity (Wildman–Crippen MR) is 124 cm³/mol. The van der Waals surface area contributed by atoms with Crippen LogP contribution in [-0.2, 0) is 4.74 Å². The number of anilines is 1. The van der Waals surface area contributed by atoms with Crippen molar-refractivity contribution in [1.29, 1.82) is 5.26 Å². The fourth-order valence-electron chi connectivity index (χ4n) is 4.21. The van der Waals surface area contributed by atoms with Crippen molar-refractivity contribution in [3.8, 4) is 28.7 Å². The first kappa shape index (κ1) is 23.2. The molecule has 0 aromatic carbocycles. The molecule has 4 aromatic rings. The molecule has 5 rings (SSSR count). The average Bonchev–Trinajstić information content (AvgIpc) is 3.52. The minimum atomic E-state index is -2.80. The molecule has 1 amide bonds. The first-order valence-corrected chi connectivity index (χ1v) is 11.1. The number of hydrogen-bond donors (Lipinski definition) is 2. The zero-order valence-corrected chi connectivity index (χ0v) is 19.1. The summed E-state index contributed by atoms with van der Waals surface area (Å²) in [6.45, 7) is -2.30. The maximum atomic E-state index is 13.1. The van der Waals surface area contributed by atoms with Crippen LogP contribution < -0.4 is 10.6 Å². The van der Waals surface area contributed by atoms with Gasteiger partial charge in [-0.3, -0.25) is 4.98 Å². The van der Waals surface area contributed by atoms with Crippen molar-refractivity contribution >= 4 is 17.3 Å². The van der Waals surface area contributed by atoms with E-state index in [-0.39, 0.29) is 11.7 Å². The maximum Gasteiger partial charge on any atom is 0.406 e. The van der Waals surface area contributed by atoms with Crippen LogP contribution in [0.2, 0.25) is 0 Å². The summed E-state index contributed by atoms with van der Waals surface area (Å²) in [5.41, 5.74) is 3.94. The lowest BCUT2D eigenvalue weighted by molar-refractivity contribution is 0.0546. The highest BCUT2D eigenvalue weighted by Gasteiger charge is 2.30. The van der Waals surface area contributed by atoms with E-state index in [1.807, 2.05) is 18.2 Å². The van der Waals surface area contributed by atoms with Crippen molar-refractivity contribution in [2.45, 2.75) is 25.4 Å². The van der Waals surface area contributed by atoms with E-state index in [1.165, 1.54) is 19.5 Å². The molecule has 0 spiro atoms. The third-order valence-electron chi connectivity index (χ3n) is 6.10. The normalized spacial score (nSPS) is 17.0. The van der Waals surface area contributed by atoms with E-state index in [1.54, 1.807) is 16.8 Å². The molecule has 1 aliphatic rings. The van der Waals surface area contributed by atoms with Gasteiger partial charge in [0, 0.05) is 30.0 Å². The highest BCUT2D eigenvalue weighted by Crippen LogP contribution is 2.35. The minimum Gasteiger partial charge on any atom is -0.453 e. The Kier molecular flexibility index (Phi) is 6.16. The lowest BCUT2D eigenvalue weighted by Crippen LogP contribution is -2.42. The number of nitrogens with zero attached hydrogens (tertiary/aromatic N) is 7. The van der Waals surface area contributed by atoms with Crippen LogP contribution in [0.5, 0.6) is 0 Å². The molecular weight excluding hydrogens is 472 g/mol. The number of carbonyl (C=O) groups is 1. The van der Waals surface area contributed by atoms with Gasteiger partial charge in [-0.05, 0) is 43.0 Å². The Morgan fingerprint density at radius 2 is 2.11 bits per heavy atom. The summed E-state index contributed by atoms with van der Waals surface area (Å²) in [4.78, 5) is 15.8. The zero-order chi connectivity index (χ0) is 25.2. The topological polar surface area (TPSA) is 135 Å². The number of nitrogens with one attached hydrogen (secondary N) is 2. The van der Waals surface area contributed by atoms with Gasteiger partial charge in [-0.15, -0.1) is 5.10 Å². The van der Waals surface area contributed by atoms with Gasteiger partial charge in [-0.1, -0.05) is 5.21 Å². The van der Waals surface area contributed by atoms with E-state index < -0.39 is 12.6 Å². The lowest BCUT2D eigenvalue weighted by atomic mass is 9.80. The van der Waals surface area contributed by atoms with Crippen LogP contribution in [0.1, 0.15) is 25.0 Å². The van der Waals surface area contributed by atoms with Gasteiger partial charge in [0.05, 0.1) is 42.0 Å². The monoisotopic (exact) mass is 493 g/mol. The number of rotatable bonds is 7. The number of pyridine rings is 1. The number of methoxy groups -OCH3 is 1. The van der Waals surface area contributed by atoms with Crippen LogP contribution in [0, 0.1) is 17.2 Å². The third kappa shape index (κ3) is 4.52. The van der Waals surface area contributed by atoms with Gasteiger partial charge in [-0.25, -0.2) is 9.31 Å². The van der Waals surface area contributed by atoms with E-state index in [0.717, 1.165) is 18.4 Å². The molecule has 4 aromatic heterocycles. The molecule has 11 nitrogen and oxygen atoms in total. The maximum absolute atomic E-state index is 13.1. The molecule has 0 unspecified atom stereocenters. The molecule has 0 atom stereocenters. The first-order valence-electron chi connectivity index (χ1n) is 11.1. The Morgan fingerprint density at radius 3 is 2.83 bits per heavy atom. The van der Waals surface area contributed by atoms with Crippen LogP contribution in [0.25, 0.3) is 28.2 Å². The Hall–Kier alpha value is -4.60. The van der Waals surface area contributed by atoms with Crippen molar-refractivity contribution < 1.29 is 18.3 Å². The fraction of sp³-hybridized carbons (Fsp3) is 0.304. The highest BCUT2D eigenvalue weighted by molar-refractivity contribution is 5.79. The van der Waals surface area contributed by atoms with Gasteiger partial charge in [0.2, 0.25) is 0 Å². The highest BCUT2D eigenvalue weighted by atomic mass is 19.3. The van der Waals surface area contributed by atoms with Crippen LogP contribution in [0.3, 0.4) is 0 Å². The Labute approximate surface area is 203 Å². The van der Waals surface area contributed by atoms with E-state index in [9.17, 15) is 13.6 Å². The van der Waals surface area contributed by atoms with Gasteiger partial charge in [0.1, 0.15) is 11.8 Å². The molecule has 1 aliphatic carbocycles. The van der Waals surface area contributed by atoms with Crippen molar-refractivity contribution in [1.82, 2.24) is 34.9 Å². The van der Waals surface area contributed by atoms with E-state index in [0.29, 0.717) is 45.3 Å². The number of ether oxygens (including phenoxy) is 1. The number of alkyl halides is 2. The molecule has 0 bridgehead atoms. The summed E-state index contributed by atoms with van der Waals surface area (Å²) in [5.74, 6) is 0.291. The quantitative estimate of drug-likeness (QED) is 0.400. The predicted octanol–water partition coefficient (Wildman–Crippen LogP) is 3.47. The summed E-state index contributed by atoms with van der Waals surface area (Å²) in [5, 5.41) is 27.0. The molecule has 13 heteroatoms. The minimum absolute atomic E-state index is 0.106. The van der Waals surface area contributed by atoms with Crippen molar-refractivity contribution in [3.05, 3.63) is 48.4 Å². The standard InChI is InChI=1S/C23H21F2N9O2/c1-36-23(35)28-9-13-4-15(5-13)30-18-7-19(21-3-2-16-6-14(8-26)10-29-34(16)21)27-11-17(18)20-12-33(22(24)25)32-31-20/h2-3,6-7,10-13,15,22H,4-5,9H2,1H3,(H,27,30)(H,28,35)/t13-,15-. The zero-order valence-electron chi connectivity index (χ0n) is 19.1. The number of hydrogen-bond acceptors (Lipinski definition) is 8. The van der Waals surface area contributed by atoms with Gasteiger partial charge >= 0.3 is 12.6 Å². The smallest absolute Gasteiger partial charge is 0.406 e. The third-order valence-corrected chi connectivity index (χ3v) is 6.10. The van der Waals surface area contributed by atoms with Gasteiger partial charge in [-0.2, -0.15) is 23.8 Å². The first-order chi connectivity index (χ1) is 17.4. The summed E-state index contributed by atoms with van der Waals surface area (Å²) < 4.78 is 32.9. The summed E-state index contributed by atoms with van der Waals surface area (Å²) in [7, 11) is 1.32.